The van der Waals surface area contributed by atoms with Crippen molar-refractivity contribution in [2.75, 3.05) is 13.1 Å². The van der Waals surface area contributed by atoms with Gasteiger partial charge < -0.3 is 5.11 Å². The van der Waals surface area contributed by atoms with Crippen LogP contribution in [0.4, 0.5) is 0 Å². The molecular formula is C12H23NO2. The van der Waals surface area contributed by atoms with Crippen molar-refractivity contribution in [3.05, 3.63) is 0 Å². The standard InChI is InChI=1S/C12H23NO2/c1-3-12(4-2,10-11(14)15)13-8-6-5-7-9-13/h3-10H2,1-2H3,(H,14,15). The largest absolute Gasteiger partial charge is 0.481 e. The van der Waals surface area contributed by atoms with E-state index in [2.05, 4.69) is 18.7 Å². The number of hydrogen-bond donors (Lipinski definition) is 1. The molecular weight excluding hydrogens is 190 g/mol. The van der Waals surface area contributed by atoms with Crippen LogP contribution in [0.15, 0.2) is 0 Å². The summed E-state index contributed by atoms with van der Waals surface area (Å²) in [5, 5.41) is 9.02. The first-order valence-electron chi connectivity index (χ1n) is 6.11. The summed E-state index contributed by atoms with van der Waals surface area (Å²) in [4.78, 5) is 13.4. The number of rotatable bonds is 5. The van der Waals surface area contributed by atoms with Crippen molar-refractivity contribution in [2.24, 2.45) is 0 Å². The lowest BCUT2D eigenvalue weighted by Crippen LogP contribution is -2.51. The van der Waals surface area contributed by atoms with Gasteiger partial charge in [0.05, 0.1) is 6.42 Å². The smallest absolute Gasteiger partial charge is 0.305 e. The molecule has 0 radical (unpaired) electrons. The molecule has 1 aliphatic rings. The number of aliphatic carboxylic acids is 1. The first-order valence-corrected chi connectivity index (χ1v) is 6.11. The molecule has 0 spiro atoms. The van der Waals surface area contributed by atoms with Gasteiger partial charge >= 0.3 is 5.97 Å². The molecule has 1 aliphatic heterocycles. The third-order valence-electron chi connectivity index (χ3n) is 3.82. The summed E-state index contributed by atoms with van der Waals surface area (Å²) in [5.74, 6) is -0.663. The normalized spacial score (nSPS) is 19.1. The summed E-state index contributed by atoms with van der Waals surface area (Å²) < 4.78 is 0. The van der Waals surface area contributed by atoms with E-state index in [0.29, 0.717) is 6.42 Å². The fourth-order valence-electron chi connectivity index (χ4n) is 2.71. The number of nitrogens with zero attached hydrogens (tertiary/aromatic N) is 1. The monoisotopic (exact) mass is 213 g/mol. The molecule has 1 rings (SSSR count). The number of piperidine rings is 1. The number of carbonyl (C=O) groups is 1. The lowest BCUT2D eigenvalue weighted by Gasteiger charge is -2.44. The molecule has 88 valence electrons. The van der Waals surface area contributed by atoms with E-state index >= 15 is 0 Å². The third-order valence-corrected chi connectivity index (χ3v) is 3.82. The first kappa shape index (κ1) is 12.5. The summed E-state index contributed by atoms with van der Waals surface area (Å²) in [6.45, 7) is 6.38. The Labute approximate surface area is 92.5 Å². The van der Waals surface area contributed by atoms with Gasteiger partial charge in [-0.3, -0.25) is 9.69 Å². The van der Waals surface area contributed by atoms with Crippen molar-refractivity contribution >= 4 is 5.97 Å². The number of carboxylic acids is 1. The molecule has 15 heavy (non-hydrogen) atoms. The molecule has 0 saturated carbocycles. The SMILES string of the molecule is CCC(CC)(CC(=O)O)N1CCCCC1. The van der Waals surface area contributed by atoms with E-state index in [0.717, 1.165) is 25.9 Å². The maximum absolute atomic E-state index is 10.9. The van der Waals surface area contributed by atoms with Crippen LogP contribution in [0.2, 0.25) is 0 Å². The Morgan fingerprint density at radius 1 is 1.20 bits per heavy atom. The van der Waals surface area contributed by atoms with Crippen LogP contribution in [-0.2, 0) is 4.79 Å². The van der Waals surface area contributed by atoms with Gasteiger partial charge in [0.15, 0.2) is 0 Å². The Hall–Kier alpha value is -0.570. The van der Waals surface area contributed by atoms with Crippen molar-refractivity contribution in [1.29, 1.82) is 0 Å². The molecule has 1 fully saturated rings. The summed E-state index contributed by atoms with van der Waals surface area (Å²) in [7, 11) is 0. The highest BCUT2D eigenvalue weighted by atomic mass is 16.4. The predicted octanol–water partition coefficient (Wildman–Crippen LogP) is 2.51. The van der Waals surface area contributed by atoms with Crippen LogP contribution in [0.3, 0.4) is 0 Å². The Morgan fingerprint density at radius 3 is 2.13 bits per heavy atom. The highest BCUT2D eigenvalue weighted by Crippen LogP contribution is 2.30. The Balaban J connectivity index is 2.72. The zero-order chi connectivity index (χ0) is 11.3. The molecule has 0 aliphatic carbocycles. The average Bonchev–Trinajstić information content (AvgIpc) is 2.27. The zero-order valence-corrected chi connectivity index (χ0v) is 9.96. The van der Waals surface area contributed by atoms with Gasteiger partial charge in [-0.25, -0.2) is 0 Å². The van der Waals surface area contributed by atoms with E-state index < -0.39 is 5.97 Å². The molecule has 1 N–H and O–H groups in total. The van der Waals surface area contributed by atoms with Crippen molar-refractivity contribution in [1.82, 2.24) is 4.90 Å². The Kier molecular flexibility index (Phi) is 4.58. The fraction of sp³-hybridized carbons (Fsp3) is 0.917. The van der Waals surface area contributed by atoms with Gasteiger partial charge in [0, 0.05) is 5.54 Å². The molecule has 1 heterocycles. The van der Waals surface area contributed by atoms with Crippen LogP contribution in [0.5, 0.6) is 0 Å². The molecule has 0 amide bonds. The van der Waals surface area contributed by atoms with Crippen molar-refractivity contribution in [3.8, 4) is 0 Å². The van der Waals surface area contributed by atoms with Crippen LogP contribution in [-0.4, -0.2) is 34.6 Å². The van der Waals surface area contributed by atoms with Crippen LogP contribution < -0.4 is 0 Å². The molecule has 0 atom stereocenters. The molecule has 3 nitrogen and oxygen atoms in total. The van der Waals surface area contributed by atoms with Gasteiger partial charge in [-0.15, -0.1) is 0 Å². The van der Waals surface area contributed by atoms with Gasteiger partial charge in [0.25, 0.3) is 0 Å². The molecule has 0 unspecified atom stereocenters. The zero-order valence-electron chi connectivity index (χ0n) is 9.96. The highest BCUT2D eigenvalue weighted by Gasteiger charge is 2.35. The first-order chi connectivity index (χ1) is 7.14. The molecule has 1 saturated heterocycles. The number of carboxylic acid groups (broad SMARTS) is 1. The second-order valence-corrected chi connectivity index (χ2v) is 4.55. The van der Waals surface area contributed by atoms with Gasteiger partial charge in [0.1, 0.15) is 0 Å². The van der Waals surface area contributed by atoms with Gasteiger partial charge in [-0.05, 0) is 38.8 Å². The third kappa shape index (κ3) is 2.94. The fourth-order valence-corrected chi connectivity index (χ4v) is 2.71. The van der Waals surface area contributed by atoms with E-state index in [1.807, 2.05) is 0 Å². The molecule has 0 aromatic carbocycles. The second-order valence-electron chi connectivity index (χ2n) is 4.55. The van der Waals surface area contributed by atoms with Crippen molar-refractivity contribution in [2.45, 2.75) is 57.9 Å². The molecule has 3 heteroatoms. The molecule has 0 bridgehead atoms. The van der Waals surface area contributed by atoms with E-state index in [1.165, 1.54) is 19.3 Å². The maximum Gasteiger partial charge on any atom is 0.305 e. The van der Waals surface area contributed by atoms with Crippen molar-refractivity contribution < 1.29 is 9.90 Å². The summed E-state index contributed by atoms with van der Waals surface area (Å²) in [6, 6.07) is 0. The number of hydrogen-bond acceptors (Lipinski definition) is 2. The minimum atomic E-state index is -0.663. The van der Waals surface area contributed by atoms with Gasteiger partial charge in [-0.2, -0.15) is 0 Å². The van der Waals surface area contributed by atoms with E-state index in [4.69, 9.17) is 5.11 Å². The van der Waals surface area contributed by atoms with Crippen LogP contribution in [0, 0.1) is 0 Å². The van der Waals surface area contributed by atoms with Crippen LogP contribution in [0.1, 0.15) is 52.4 Å². The van der Waals surface area contributed by atoms with Crippen LogP contribution in [0.25, 0.3) is 0 Å². The molecule has 0 aromatic heterocycles. The Bertz CT molecular complexity index is 206. The minimum absolute atomic E-state index is 0.0910. The predicted molar refractivity (Wildman–Crippen MR) is 61.0 cm³/mol. The molecule has 0 aromatic rings. The average molecular weight is 213 g/mol. The highest BCUT2D eigenvalue weighted by molar-refractivity contribution is 5.68. The summed E-state index contributed by atoms with van der Waals surface area (Å²) >= 11 is 0. The maximum atomic E-state index is 10.9. The second kappa shape index (κ2) is 5.50. The van der Waals surface area contributed by atoms with E-state index in [9.17, 15) is 4.79 Å². The van der Waals surface area contributed by atoms with Crippen LogP contribution >= 0.6 is 0 Å². The Morgan fingerprint density at radius 2 is 1.73 bits per heavy atom. The van der Waals surface area contributed by atoms with E-state index in [-0.39, 0.29) is 5.54 Å². The van der Waals surface area contributed by atoms with Gasteiger partial charge in [-0.1, -0.05) is 20.3 Å². The van der Waals surface area contributed by atoms with Crippen molar-refractivity contribution in [3.63, 3.8) is 0 Å². The topological polar surface area (TPSA) is 40.5 Å². The lowest BCUT2D eigenvalue weighted by molar-refractivity contribution is -0.141. The van der Waals surface area contributed by atoms with Gasteiger partial charge in [0.2, 0.25) is 0 Å². The quantitative estimate of drug-likeness (QED) is 0.763. The summed E-state index contributed by atoms with van der Waals surface area (Å²) in [5.41, 5.74) is -0.0910. The number of likely N-dealkylation sites (tertiary alicyclic amines) is 1. The van der Waals surface area contributed by atoms with E-state index in [1.54, 1.807) is 0 Å². The summed E-state index contributed by atoms with van der Waals surface area (Å²) in [6.07, 6.45) is 5.92. The minimum Gasteiger partial charge on any atom is -0.481 e. The lowest BCUT2D eigenvalue weighted by atomic mass is 9.85.